The topological polar surface area (TPSA) is 44.5 Å². The van der Waals surface area contributed by atoms with Gasteiger partial charge in [-0.1, -0.05) is 35.3 Å². The van der Waals surface area contributed by atoms with E-state index in [-0.39, 0.29) is 6.04 Å². The molecule has 0 aromatic heterocycles. The number of ether oxygens (including phenoxy) is 2. The van der Waals surface area contributed by atoms with Crippen LogP contribution >= 0.6 is 23.2 Å². The van der Waals surface area contributed by atoms with Crippen LogP contribution in [0.25, 0.3) is 0 Å². The van der Waals surface area contributed by atoms with E-state index in [0.717, 1.165) is 23.3 Å². The van der Waals surface area contributed by atoms with Crippen molar-refractivity contribution in [1.82, 2.24) is 0 Å². The summed E-state index contributed by atoms with van der Waals surface area (Å²) >= 11 is 12.1. The summed E-state index contributed by atoms with van der Waals surface area (Å²) in [6.45, 7) is 4.84. The molecule has 1 atom stereocenters. The summed E-state index contributed by atoms with van der Waals surface area (Å²) in [6.07, 6.45) is 0.795. The predicted octanol–water partition coefficient (Wildman–Crippen LogP) is 4.86. The van der Waals surface area contributed by atoms with Crippen LogP contribution in [0.4, 0.5) is 0 Å². The van der Waals surface area contributed by atoms with Crippen LogP contribution in [-0.2, 0) is 13.0 Å². The van der Waals surface area contributed by atoms with Gasteiger partial charge in [0, 0.05) is 21.7 Å². The van der Waals surface area contributed by atoms with Crippen molar-refractivity contribution in [2.45, 2.75) is 32.9 Å². The Morgan fingerprint density at radius 2 is 1.83 bits per heavy atom. The molecule has 0 radical (unpaired) electrons. The van der Waals surface area contributed by atoms with Crippen molar-refractivity contribution in [3.05, 3.63) is 57.6 Å². The molecule has 0 aliphatic carbocycles. The molecule has 2 aromatic rings. The highest BCUT2D eigenvalue weighted by Gasteiger charge is 2.09. The molecule has 0 aliphatic rings. The maximum absolute atomic E-state index is 6.17. The van der Waals surface area contributed by atoms with Gasteiger partial charge in [0.05, 0.1) is 6.61 Å². The second-order valence-electron chi connectivity index (χ2n) is 5.42. The number of halogens is 2. The minimum atomic E-state index is 0.101. The Bertz CT molecular complexity index is 659. The van der Waals surface area contributed by atoms with Gasteiger partial charge >= 0.3 is 0 Å². The molecule has 0 heterocycles. The highest BCUT2D eigenvalue weighted by atomic mass is 35.5. The van der Waals surface area contributed by atoms with E-state index >= 15 is 0 Å². The maximum atomic E-state index is 6.17. The molecule has 2 N–H and O–H groups in total. The van der Waals surface area contributed by atoms with Gasteiger partial charge in [-0.05, 0) is 50.1 Å². The Balaban J connectivity index is 2.14. The predicted molar refractivity (Wildman–Crippen MR) is 95.8 cm³/mol. The fraction of sp³-hybridized carbons (Fsp3) is 0.333. The van der Waals surface area contributed by atoms with Gasteiger partial charge in [0.15, 0.2) is 11.5 Å². The average molecular weight is 354 g/mol. The molecular weight excluding hydrogens is 333 g/mol. The molecule has 5 heteroatoms. The van der Waals surface area contributed by atoms with Gasteiger partial charge in [-0.25, -0.2) is 0 Å². The summed E-state index contributed by atoms with van der Waals surface area (Å²) in [5, 5.41) is 1.19. The molecule has 3 nitrogen and oxygen atoms in total. The lowest BCUT2D eigenvalue weighted by Crippen LogP contribution is -2.17. The molecule has 0 fully saturated rings. The van der Waals surface area contributed by atoms with Crippen LogP contribution in [0.1, 0.15) is 25.0 Å². The number of rotatable bonds is 7. The largest absolute Gasteiger partial charge is 0.490 e. The fourth-order valence-electron chi connectivity index (χ4n) is 2.23. The summed E-state index contributed by atoms with van der Waals surface area (Å²) < 4.78 is 11.5. The number of hydrogen-bond acceptors (Lipinski definition) is 3. The third kappa shape index (κ3) is 5.31. The number of nitrogens with two attached hydrogens (primary N) is 1. The fourth-order valence-corrected chi connectivity index (χ4v) is 2.70. The highest BCUT2D eigenvalue weighted by Crippen LogP contribution is 2.30. The van der Waals surface area contributed by atoms with Gasteiger partial charge < -0.3 is 15.2 Å². The summed E-state index contributed by atoms with van der Waals surface area (Å²) in [6, 6.07) is 11.3. The first-order valence-electron chi connectivity index (χ1n) is 7.57. The second-order valence-corrected chi connectivity index (χ2v) is 6.26. The quantitative estimate of drug-likeness (QED) is 0.772. The van der Waals surface area contributed by atoms with E-state index in [1.54, 1.807) is 12.1 Å². The van der Waals surface area contributed by atoms with Crippen molar-refractivity contribution in [3.63, 3.8) is 0 Å². The van der Waals surface area contributed by atoms with Crippen molar-refractivity contribution >= 4 is 23.2 Å². The Morgan fingerprint density at radius 3 is 2.48 bits per heavy atom. The molecule has 23 heavy (non-hydrogen) atoms. The van der Waals surface area contributed by atoms with Crippen LogP contribution in [0.5, 0.6) is 11.5 Å². The van der Waals surface area contributed by atoms with E-state index in [0.29, 0.717) is 29.0 Å². The van der Waals surface area contributed by atoms with E-state index in [4.69, 9.17) is 38.4 Å². The zero-order valence-corrected chi connectivity index (χ0v) is 14.8. The minimum Gasteiger partial charge on any atom is -0.490 e. The number of hydrogen-bond donors (Lipinski definition) is 1. The van der Waals surface area contributed by atoms with E-state index in [9.17, 15) is 0 Å². The van der Waals surface area contributed by atoms with E-state index in [1.807, 2.05) is 38.1 Å². The Labute approximate surface area is 147 Å². The normalized spacial score (nSPS) is 12.0. The maximum Gasteiger partial charge on any atom is 0.161 e. The number of benzene rings is 2. The lowest BCUT2D eigenvalue weighted by Gasteiger charge is -2.15. The van der Waals surface area contributed by atoms with Crippen LogP contribution in [0.2, 0.25) is 10.0 Å². The van der Waals surface area contributed by atoms with E-state index in [2.05, 4.69) is 0 Å². The summed E-state index contributed by atoms with van der Waals surface area (Å²) in [4.78, 5) is 0. The van der Waals surface area contributed by atoms with Gasteiger partial charge in [-0.15, -0.1) is 0 Å². The average Bonchev–Trinajstić information content (AvgIpc) is 2.48. The molecule has 124 valence electrons. The standard InChI is InChI=1S/C18H21Cl2NO2/c1-3-22-18-9-13(8-12(2)21)4-7-17(18)23-11-14-5-6-15(19)10-16(14)20/h4-7,9-10,12H,3,8,11,21H2,1-2H3. The highest BCUT2D eigenvalue weighted by molar-refractivity contribution is 6.35. The zero-order valence-electron chi connectivity index (χ0n) is 13.3. The molecule has 0 amide bonds. The Morgan fingerprint density at radius 1 is 1.04 bits per heavy atom. The van der Waals surface area contributed by atoms with Gasteiger partial charge in [-0.2, -0.15) is 0 Å². The smallest absolute Gasteiger partial charge is 0.161 e. The molecule has 2 rings (SSSR count). The first kappa shape index (κ1) is 17.9. The third-order valence-electron chi connectivity index (χ3n) is 3.26. The van der Waals surface area contributed by atoms with Crippen LogP contribution < -0.4 is 15.2 Å². The lowest BCUT2D eigenvalue weighted by molar-refractivity contribution is 0.269. The first-order chi connectivity index (χ1) is 11.0. The third-order valence-corrected chi connectivity index (χ3v) is 3.85. The summed E-state index contributed by atoms with van der Waals surface area (Å²) in [7, 11) is 0. The van der Waals surface area contributed by atoms with Crippen molar-refractivity contribution < 1.29 is 9.47 Å². The van der Waals surface area contributed by atoms with Crippen LogP contribution in [0.3, 0.4) is 0 Å². The van der Waals surface area contributed by atoms with Crippen molar-refractivity contribution in [3.8, 4) is 11.5 Å². The van der Waals surface area contributed by atoms with E-state index in [1.165, 1.54) is 0 Å². The summed E-state index contributed by atoms with van der Waals surface area (Å²) in [5.41, 5.74) is 7.85. The van der Waals surface area contributed by atoms with Crippen molar-refractivity contribution in [1.29, 1.82) is 0 Å². The summed E-state index contributed by atoms with van der Waals surface area (Å²) in [5.74, 6) is 1.40. The van der Waals surface area contributed by atoms with Gasteiger partial charge in [0.1, 0.15) is 6.61 Å². The van der Waals surface area contributed by atoms with Crippen molar-refractivity contribution in [2.24, 2.45) is 5.73 Å². The van der Waals surface area contributed by atoms with E-state index < -0.39 is 0 Å². The van der Waals surface area contributed by atoms with Gasteiger partial charge in [-0.3, -0.25) is 0 Å². The van der Waals surface area contributed by atoms with Crippen LogP contribution in [0, 0.1) is 0 Å². The molecule has 0 saturated heterocycles. The minimum absolute atomic E-state index is 0.101. The first-order valence-corrected chi connectivity index (χ1v) is 8.33. The van der Waals surface area contributed by atoms with Crippen LogP contribution in [-0.4, -0.2) is 12.6 Å². The lowest BCUT2D eigenvalue weighted by atomic mass is 10.1. The Kier molecular flexibility index (Phi) is 6.58. The molecule has 0 spiro atoms. The van der Waals surface area contributed by atoms with Gasteiger partial charge in [0.2, 0.25) is 0 Å². The van der Waals surface area contributed by atoms with Crippen molar-refractivity contribution in [2.75, 3.05) is 6.61 Å². The molecule has 0 bridgehead atoms. The molecule has 1 unspecified atom stereocenters. The monoisotopic (exact) mass is 353 g/mol. The molecule has 0 saturated carbocycles. The molecule has 2 aromatic carbocycles. The Hall–Kier alpha value is -1.42. The molecule has 0 aliphatic heterocycles. The van der Waals surface area contributed by atoms with Gasteiger partial charge in [0.25, 0.3) is 0 Å². The zero-order chi connectivity index (χ0) is 16.8. The SMILES string of the molecule is CCOc1cc(CC(C)N)ccc1OCc1ccc(Cl)cc1Cl. The van der Waals surface area contributed by atoms with Crippen LogP contribution in [0.15, 0.2) is 36.4 Å². The second kappa shape index (κ2) is 8.44. The molecular formula is C18H21Cl2NO2.